The molecule has 0 bridgehead atoms. The summed E-state index contributed by atoms with van der Waals surface area (Å²) in [6, 6.07) is 0. The van der Waals surface area contributed by atoms with Crippen LogP contribution < -0.4 is 0 Å². The highest BCUT2D eigenvalue weighted by molar-refractivity contribution is 9.09. The van der Waals surface area contributed by atoms with Crippen molar-refractivity contribution in [1.29, 1.82) is 0 Å². The molecule has 52 valence electrons. The van der Waals surface area contributed by atoms with Gasteiger partial charge in [-0.3, -0.25) is 4.79 Å². The molecular formula is C5H8BrNO2. The molecule has 9 heavy (non-hydrogen) atoms. The molecule has 1 heterocycles. The number of carbonyl (C=O) groups excluding carboxylic acids is 1. The van der Waals surface area contributed by atoms with Gasteiger partial charge in [0.1, 0.15) is 6.73 Å². The van der Waals surface area contributed by atoms with Gasteiger partial charge in [-0.2, -0.15) is 0 Å². The first-order valence-corrected chi connectivity index (χ1v) is 3.88. The van der Waals surface area contributed by atoms with Crippen molar-refractivity contribution in [2.45, 2.75) is 0 Å². The van der Waals surface area contributed by atoms with Crippen molar-refractivity contribution in [2.24, 2.45) is 0 Å². The summed E-state index contributed by atoms with van der Waals surface area (Å²) in [6.07, 6.45) is 0. The van der Waals surface area contributed by atoms with Gasteiger partial charge in [-0.25, -0.2) is 0 Å². The standard InChI is InChI=1S/C5H8BrNO2/c6-3-5(8)7-1-2-9-4-7/h1-4H2. The van der Waals surface area contributed by atoms with E-state index in [9.17, 15) is 4.79 Å². The zero-order valence-electron chi connectivity index (χ0n) is 4.97. The molecule has 1 rings (SSSR count). The summed E-state index contributed by atoms with van der Waals surface area (Å²) in [4.78, 5) is 12.5. The number of nitrogens with zero attached hydrogens (tertiary/aromatic N) is 1. The average molecular weight is 194 g/mol. The molecule has 0 aromatic heterocycles. The normalized spacial score (nSPS) is 18.6. The lowest BCUT2D eigenvalue weighted by Crippen LogP contribution is -2.28. The Morgan fingerprint density at radius 3 is 3.00 bits per heavy atom. The van der Waals surface area contributed by atoms with Crippen molar-refractivity contribution in [2.75, 3.05) is 25.2 Å². The minimum atomic E-state index is 0.104. The molecule has 3 nitrogen and oxygen atoms in total. The molecule has 0 N–H and O–H groups in total. The summed E-state index contributed by atoms with van der Waals surface area (Å²) in [5.74, 6) is 0.104. The highest BCUT2D eigenvalue weighted by Gasteiger charge is 2.16. The van der Waals surface area contributed by atoms with Crippen LogP contribution in [-0.2, 0) is 9.53 Å². The monoisotopic (exact) mass is 193 g/mol. The number of hydrogen-bond donors (Lipinski definition) is 0. The Balaban J connectivity index is 2.32. The Morgan fingerprint density at radius 2 is 2.56 bits per heavy atom. The van der Waals surface area contributed by atoms with Crippen LogP contribution in [0.4, 0.5) is 0 Å². The first-order chi connectivity index (χ1) is 4.34. The van der Waals surface area contributed by atoms with Crippen LogP contribution in [0, 0.1) is 0 Å². The average Bonchev–Trinajstić information content (AvgIpc) is 2.37. The lowest BCUT2D eigenvalue weighted by molar-refractivity contribution is -0.128. The SMILES string of the molecule is O=C(CBr)N1CCOC1. The van der Waals surface area contributed by atoms with E-state index < -0.39 is 0 Å². The fourth-order valence-electron chi connectivity index (χ4n) is 0.695. The second-order valence-corrected chi connectivity index (χ2v) is 2.39. The molecule has 0 atom stereocenters. The molecule has 0 aromatic carbocycles. The molecule has 0 unspecified atom stereocenters. The fourth-order valence-corrected chi connectivity index (χ4v) is 1.05. The second-order valence-electron chi connectivity index (χ2n) is 1.83. The molecule has 1 saturated heterocycles. The van der Waals surface area contributed by atoms with Gasteiger partial charge >= 0.3 is 0 Å². The van der Waals surface area contributed by atoms with E-state index in [0.29, 0.717) is 18.7 Å². The molecule has 0 radical (unpaired) electrons. The molecule has 1 aliphatic heterocycles. The van der Waals surface area contributed by atoms with E-state index >= 15 is 0 Å². The Hall–Kier alpha value is -0.0900. The largest absolute Gasteiger partial charge is 0.359 e. The summed E-state index contributed by atoms with van der Waals surface area (Å²) < 4.78 is 4.96. The maximum atomic E-state index is 10.8. The fraction of sp³-hybridized carbons (Fsp3) is 0.800. The van der Waals surface area contributed by atoms with Crippen molar-refractivity contribution in [3.63, 3.8) is 0 Å². The molecule has 4 heteroatoms. The Labute approximate surface area is 62.1 Å². The van der Waals surface area contributed by atoms with Gasteiger partial charge in [0.05, 0.1) is 11.9 Å². The molecule has 0 aliphatic carbocycles. The minimum absolute atomic E-state index is 0.104. The topological polar surface area (TPSA) is 29.5 Å². The van der Waals surface area contributed by atoms with E-state index in [2.05, 4.69) is 15.9 Å². The van der Waals surface area contributed by atoms with E-state index in [1.807, 2.05) is 0 Å². The van der Waals surface area contributed by atoms with Gasteiger partial charge in [0, 0.05) is 6.54 Å². The number of alkyl halides is 1. The predicted molar refractivity (Wildman–Crippen MR) is 36.3 cm³/mol. The quantitative estimate of drug-likeness (QED) is 0.558. The van der Waals surface area contributed by atoms with Crippen LogP contribution in [0.1, 0.15) is 0 Å². The van der Waals surface area contributed by atoms with Crippen LogP contribution in [0.25, 0.3) is 0 Å². The van der Waals surface area contributed by atoms with Gasteiger partial charge in [0.2, 0.25) is 5.91 Å². The van der Waals surface area contributed by atoms with Crippen LogP contribution in [0.3, 0.4) is 0 Å². The van der Waals surface area contributed by atoms with E-state index in [1.165, 1.54) is 0 Å². The van der Waals surface area contributed by atoms with Gasteiger partial charge < -0.3 is 9.64 Å². The maximum absolute atomic E-state index is 10.8. The van der Waals surface area contributed by atoms with Gasteiger partial charge in [-0.1, -0.05) is 15.9 Å². The lowest BCUT2D eigenvalue weighted by atomic mass is 10.6. The van der Waals surface area contributed by atoms with Crippen molar-refractivity contribution < 1.29 is 9.53 Å². The van der Waals surface area contributed by atoms with Gasteiger partial charge in [-0.15, -0.1) is 0 Å². The number of halogens is 1. The highest BCUT2D eigenvalue weighted by Crippen LogP contribution is 2.00. The Kier molecular flexibility index (Phi) is 2.48. The zero-order valence-corrected chi connectivity index (χ0v) is 6.56. The van der Waals surface area contributed by atoms with Crippen LogP contribution in [0.2, 0.25) is 0 Å². The molecule has 0 spiro atoms. The first-order valence-electron chi connectivity index (χ1n) is 2.76. The van der Waals surface area contributed by atoms with Crippen molar-refractivity contribution in [3.05, 3.63) is 0 Å². The summed E-state index contributed by atoms with van der Waals surface area (Å²) in [5, 5.41) is 0.399. The molecule has 0 saturated carbocycles. The van der Waals surface area contributed by atoms with Gasteiger partial charge in [-0.05, 0) is 0 Å². The third-order valence-electron chi connectivity index (χ3n) is 1.22. The minimum Gasteiger partial charge on any atom is -0.359 e. The van der Waals surface area contributed by atoms with E-state index in [1.54, 1.807) is 4.90 Å². The van der Waals surface area contributed by atoms with Crippen LogP contribution in [0.15, 0.2) is 0 Å². The molecule has 1 aliphatic rings. The highest BCUT2D eigenvalue weighted by atomic mass is 79.9. The van der Waals surface area contributed by atoms with E-state index in [-0.39, 0.29) is 5.91 Å². The lowest BCUT2D eigenvalue weighted by Gasteiger charge is -2.09. The van der Waals surface area contributed by atoms with Crippen molar-refractivity contribution in [3.8, 4) is 0 Å². The van der Waals surface area contributed by atoms with Crippen molar-refractivity contribution in [1.82, 2.24) is 4.90 Å². The summed E-state index contributed by atoms with van der Waals surface area (Å²) >= 11 is 3.08. The predicted octanol–water partition coefficient (Wildman–Crippen LogP) is 0.198. The van der Waals surface area contributed by atoms with Gasteiger partial charge in [0.25, 0.3) is 0 Å². The third kappa shape index (κ3) is 1.66. The number of ether oxygens (including phenoxy) is 1. The molecule has 1 fully saturated rings. The number of rotatable bonds is 1. The number of amides is 1. The zero-order chi connectivity index (χ0) is 6.69. The Bertz CT molecular complexity index is 112. The molecular weight excluding hydrogens is 186 g/mol. The first kappa shape index (κ1) is 7.02. The summed E-state index contributed by atoms with van der Waals surface area (Å²) in [6.45, 7) is 1.88. The number of carbonyl (C=O) groups is 1. The summed E-state index contributed by atoms with van der Waals surface area (Å²) in [7, 11) is 0. The molecule has 0 aromatic rings. The van der Waals surface area contributed by atoms with Crippen LogP contribution in [-0.4, -0.2) is 36.0 Å². The van der Waals surface area contributed by atoms with Gasteiger partial charge in [0.15, 0.2) is 0 Å². The maximum Gasteiger partial charge on any atom is 0.235 e. The van der Waals surface area contributed by atoms with E-state index in [4.69, 9.17) is 4.74 Å². The van der Waals surface area contributed by atoms with Crippen LogP contribution >= 0.6 is 15.9 Å². The third-order valence-corrected chi connectivity index (χ3v) is 1.70. The molecule has 1 amide bonds. The summed E-state index contributed by atoms with van der Waals surface area (Å²) in [5.41, 5.74) is 0. The Morgan fingerprint density at radius 1 is 1.78 bits per heavy atom. The second kappa shape index (κ2) is 3.17. The smallest absolute Gasteiger partial charge is 0.235 e. The number of hydrogen-bond acceptors (Lipinski definition) is 2. The van der Waals surface area contributed by atoms with Crippen LogP contribution in [0.5, 0.6) is 0 Å². The van der Waals surface area contributed by atoms with Crippen molar-refractivity contribution >= 4 is 21.8 Å². The van der Waals surface area contributed by atoms with E-state index in [0.717, 1.165) is 6.54 Å².